The van der Waals surface area contributed by atoms with E-state index in [9.17, 15) is 4.79 Å². The van der Waals surface area contributed by atoms with Crippen molar-refractivity contribution in [2.24, 2.45) is 0 Å². The number of para-hydroxylation sites is 1. The molecular weight excluding hydrogens is 340 g/mol. The Morgan fingerprint density at radius 2 is 2.04 bits per heavy atom. The predicted molar refractivity (Wildman–Crippen MR) is 92.8 cm³/mol. The number of rotatable bonds is 4. The summed E-state index contributed by atoms with van der Waals surface area (Å²) in [6.07, 6.45) is 1.52. The molecule has 1 atom stereocenters. The number of benzene rings is 1. The molecule has 0 fully saturated rings. The summed E-state index contributed by atoms with van der Waals surface area (Å²) in [5.74, 6) is 1.06. The Hall–Kier alpha value is -2.94. The Kier molecular flexibility index (Phi) is 3.85. The van der Waals surface area contributed by atoms with Crippen molar-refractivity contribution in [2.45, 2.75) is 24.3 Å². The Labute approximate surface area is 146 Å². The van der Waals surface area contributed by atoms with Gasteiger partial charge in [-0.25, -0.2) is 9.67 Å². The van der Waals surface area contributed by atoms with Gasteiger partial charge in [0.2, 0.25) is 5.89 Å². The third-order valence-electron chi connectivity index (χ3n) is 3.60. The van der Waals surface area contributed by atoms with E-state index in [1.807, 2.05) is 37.3 Å². The topological polar surface area (TPSA) is 102 Å². The molecule has 0 aliphatic carbocycles. The van der Waals surface area contributed by atoms with E-state index in [-0.39, 0.29) is 10.8 Å². The van der Waals surface area contributed by atoms with Gasteiger partial charge in [-0.15, -0.1) is 0 Å². The number of hydrogen-bond acceptors (Lipinski definition) is 7. The van der Waals surface area contributed by atoms with E-state index in [0.29, 0.717) is 27.9 Å². The van der Waals surface area contributed by atoms with Gasteiger partial charge in [0, 0.05) is 0 Å². The minimum Gasteiger partial charge on any atom is -0.338 e. The van der Waals surface area contributed by atoms with Crippen molar-refractivity contribution in [1.29, 1.82) is 0 Å². The van der Waals surface area contributed by atoms with E-state index >= 15 is 0 Å². The molecule has 0 aliphatic heterocycles. The lowest BCUT2D eigenvalue weighted by molar-refractivity contribution is 0.376. The third kappa shape index (κ3) is 2.93. The average molecular weight is 354 g/mol. The number of nitrogens with zero attached hydrogens (tertiary/aromatic N) is 5. The fourth-order valence-electron chi connectivity index (χ4n) is 2.41. The maximum Gasteiger partial charge on any atom is 0.262 e. The molecule has 3 aromatic heterocycles. The van der Waals surface area contributed by atoms with E-state index in [4.69, 9.17) is 4.52 Å². The van der Waals surface area contributed by atoms with Crippen LogP contribution in [0.25, 0.3) is 16.7 Å². The average Bonchev–Trinajstić information content (AvgIpc) is 3.22. The molecule has 3 heterocycles. The number of fused-ring (bicyclic) bond motifs is 1. The highest BCUT2D eigenvalue weighted by Crippen LogP contribution is 2.31. The second-order valence-electron chi connectivity index (χ2n) is 5.44. The lowest BCUT2D eigenvalue weighted by Gasteiger charge is -2.06. The largest absolute Gasteiger partial charge is 0.338 e. The van der Waals surface area contributed by atoms with Crippen LogP contribution in [0.5, 0.6) is 0 Å². The molecule has 0 amide bonds. The molecule has 0 radical (unpaired) electrons. The van der Waals surface area contributed by atoms with Gasteiger partial charge >= 0.3 is 0 Å². The summed E-state index contributed by atoms with van der Waals surface area (Å²) < 4.78 is 6.82. The van der Waals surface area contributed by atoms with Crippen LogP contribution in [-0.4, -0.2) is 29.9 Å². The van der Waals surface area contributed by atoms with E-state index < -0.39 is 0 Å². The molecule has 1 aromatic carbocycles. The van der Waals surface area contributed by atoms with Crippen LogP contribution >= 0.6 is 11.8 Å². The number of aryl methyl sites for hydroxylation is 1. The number of aromatic nitrogens is 6. The molecule has 1 N–H and O–H groups in total. The lowest BCUT2D eigenvalue weighted by atomic mass is 10.3. The van der Waals surface area contributed by atoms with Gasteiger partial charge in [0.05, 0.1) is 17.1 Å². The Morgan fingerprint density at radius 3 is 2.76 bits per heavy atom. The first-order chi connectivity index (χ1) is 12.1. The Morgan fingerprint density at radius 1 is 1.24 bits per heavy atom. The van der Waals surface area contributed by atoms with E-state index in [0.717, 1.165) is 5.69 Å². The smallest absolute Gasteiger partial charge is 0.262 e. The minimum absolute atomic E-state index is 0.144. The van der Waals surface area contributed by atoms with Crippen molar-refractivity contribution >= 4 is 22.8 Å². The van der Waals surface area contributed by atoms with Crippen LogP contribution in [0.3, 0.4) is 0 Å². The maximum atomic E-state index is 12.4. The molecule has 0 saturated carbocycles. The first kappa shape index (κ1) is 15.6. The van der Waals surface area contributed by atoms with Crippen LogP contribution in [0.4, 0.5) is 0 Å². The van der Waals surface area contributed by atoms with Crippen molar-refractivity contribution in [3.63, 3.8) is 0 Å². The van der Waals surface area contributed by atoms with Crippen LogP contribution < -0.4 is 5.56 Å². The monoisotopic (exact) mass is 354 g/mol. The van der Waals surface area contributed by atoms with E-state index in [2.05, 4.69) is 25.2 Å². The molecule has 126 valence electrons. The molecule has 4 rings (SSSR count). The van der Waals surface area contributed by atoms with E-state index in [1.165, 1.54) is 18.0 Å². The maximum absolute atomic E-state index is 12.4. The van der Waals surface area contributed by atoms with Crippen molar-refractivity contribution in [1.82, 2.24) is 29.9 Å². The van der Waals surface area contributed by atoms with Crippen molar-refractivity contribution < 1.29 is 4.52 Å². The molecule has 0 spiro atoms. The number of hydrogen-bond donors (Lipinski definition) is 1. The summed E-state index contributed by atoms with van der Waals surface area (Å²) in [6, 6.07) is 9.56. The summed E-state index contributed by atoms with van der Waals surface area (Å²) in [5, 5.41) is 8.85. The molecule has 0 saturated heterocycles. The van der Waals surface area contributed by atoms with Gasteiger partial charge in [0.25, 0.3) is 5.56 Å². The molecule has 0 bridgehead atoms. The van der Waals surface area contributed by atoms with Gasteiger partial charge in [-0.05, 0) is 26.0 Å². The summed E-state index contributed by atoms with van der Waals surface area (Å²) in [4.78, 5) is 23.9. The van der Waals surface area contributed by atoms with Crippen LogP contribution in [-0.2, 0) is 0 Å². The molecule has 0 aliphatic rings. The fraction of sp³-hybridized carbons (Fsp3) is 0.188. The number of thioether (sulfide) groups is 1. The summed E-state index contributed by atoms with van der Waals surface area (Å²) >= 11 is 1.34. The van der Waals surface area contributed by atoms with Gasteiger partial charge in [0.15, 0.2) is 16.6 Å². The molecule has 8 nitrogen and oxygen atoms in total. The van der Waals surface area contributed by atoms with Crippen LogP contribution in [0.15, 0.2) is 51.0 Å². The highest BCUT2D eigenvalue weighted by atomic mass is 32.2. The first-order valence-corrected chi connectivity index (χ1v) is 8.50. The van der Waals surface area contributed by atoms with Crippen LogP contribution in [0, 0.1) is 6.92 Å². The van der Waals surface area contributed by atoms with E-state index in [1.54, 1.807) is 11.6 Å². The standard InChI is InChI=1S/C16H14N6O2S/c1-9(15-18-10(2)21-24-15)25-16-19-13-12(14(23)20-16)8-17-22(13)11-6-4-3-5-7-11/h3-9H,1-2H3,(H,19,20,23). The summed E-state index contributed by atoms with van der Waals surface area (Å²) in [5.41, 5.74) is 1.11. The minimum atomic E-state index is -0.233. The zero-order valence-corrected chi connectivity index (χ0v) is 14.3. The highest BCUT2D eigenvalue weighted by molar-refractivity contribution is 7.99. The highest BCUT2D eigenvalue weighted by Gasteiger charge is 2.18. The van der Waals surface area contributed by atoms with Gasteiger partial charge in [-0.2, -0.15) is 10.1 Å². The lowest BCUT2D eigenvalue weighted by Crippen LogP contribution is -2.10. The van der Waals surface area contributed by atoms with Crippen molar-refractivity contribution in [3.8, 4) is 5.69 Å². The normalized spacial score (nSPS) is 12.6. The number of nitrogens with one attached hydrogen (secondary N) is 1. The van der Waals surface area contributed by atoms with Gasteiger partial charge in [-0.1, -0.05) is 35.1 Å². The quantitative estimate of drug-likeness (QED) is 0.444. The SMILES string of the molecule is Cc1noc(C(C)Sc2nc3c(cnn3-c3ccccc3)c(=O)[nH]2)n1. The summed E-state index contributed by atoms with van der Waals surface area (Å²) in [6.45, 7) is 3.67. The zero-order chi connectivity index (χ0) is 17.4. The second kappa shape index (κ2) is 6.17. The predicted octanol–water partition coefficient (Wildman–Crippen LogP) is 2.65. The number of aromatic amines is 1. The van der Waals surface area contributed by atoms with Crippen LogP contribution in [0.2, 0.25) is 0 Å². The van der Waals surface area contributed by atoms with Crippen molar-refractivity contribution in [2.75, 3.05) is 0 Å². The molecule has 25 heavy (non-hydrogen) atoms. The first-order valence-electron chi connectivity index (χ1n) is 7.62. The molecule has 1 unspecified atom stereocenters. The molecule has 4 aromatic rings. The van der Waals surface area contributed by atoms with Gasteiger partial charge in [0.1, 0.15) is 5.39 Å². The van der Waals surface area contributed by atoms with Gasteiger partial charge in [-0.3, -0.25) is 4.79 Å². The van der Waals surface area contributed by atoms with Crippen LogP contribution in [0.1, 0.15) is 23.9 Å². The number of H-pyrrole nitrogens is 1. The Bertz CT molecular complexity index is 1080. The second-order valence-corrected chi connectivity index (χ2v) is 6.77. The zero-order valence-electron chi connectivity index (χ0n) is 13.5. The van der Waals surface area contributed by atoms with Crippen molar-refractivity contribution in [3.05, 3.63) is 58.6 Å². The Balaban J connectivity index is 1.74. The molecular formula is C16H14N6O2S. The fourth-order valence-corrected chi connectivity index (χ4v) is 3.23. The third-order valence-corrected chi connectivity index (χ3v) is 4.57. The van der Waals surface area contributed by atoms with Gasteiger partial charge < -0.3 is 9.51 Å². The summed E-state index contributed by atoms with van der Waals surface area (Å²) in [7, 11) is 0. The molecule has 9 heteroatoms.